The van der Waals surface area contributed by atoms with Gasteiger partial charge < -0.3 is 10.4 Å². The first-order valence-electron chi connectivity index (χ1n) is 5.23. The van der Waals surface area contributed by atoms with Crippen molar-refractivity contribution in [3.63, 3.8) is 0 Å². The summed E-state index contributed by atoms with van der Waals surface area (Å²) >= 11 is 2.97. The number of carbonyl (C=O) groups excluding carboxylic acids is 1. The van der Waals surface area contributed by atoms with E-state index in [1.54, 1.807) is 0 Å². The molecule has 0 radical (unpaired) electrons. The van der Waals surface area contributed by atoms with Gasteiger partial charge in [-0.25, -0.2) is 8.78 Å². The molecule has 2 rings (SSSR count). The van der Waals surface area contributed by atoms with E-state index in [9.17, 15) is 18.7 Å². The van der Waals surface area contributed by atoms with E-state index in [1.807, 2.05) is 0 Å². The molecule has 2 N–H and O–H groups in total. The molecule has 0 saturated carbocycles. The summed E-state index contributed by atoms with van der Waals surface area (Å²) in [6.45, 7) is 0. The average Bonchev–Trinajstić information content (AvgIpc) is 2.33. The predicted octanol–water partition coefficient (Wildman–Crippen LogP) is 3.69. The van der Waals surface area contributed by atoms with Crippen LogP contribution in [0.5, 0.6) is 5.75 Å². The third-order valence-electron chi connectivity index (χ3n) is 2.40. The molecule has 0 aliphatic heterocycles. The van der Waals surface area contributed by atoms with Crippen molar-refractivity contribution in [2.75, 3.05) is 5.32 Å². The van der Waals surface area contributed by atoms with Gasteiger partial charge in [0.25, 0.3) is 5.91 Å². The van der Waals surface area contributed by atoms with Crippen molar-refractivity contribution in [2.24, 2.45) is 0 Å². The van der Waals surface area contributed by atoms with E-state index in [0.717, 1.165) is 12.1 Å². The lowest BCUT2D eigenvalue weighted by atomic mass is 10.1. The van der Waals surface area contributed by atoms with Crippen LogP contribution in [0.2, 0.25) is 0 Å². The zero-order valence-electron chi connectivity index (χ0n) is 9.45. The minimum Gasteiger partial charge on any atom is -0.507 e. The Morgan fingerprint density at radius 2 is 1.89 bits per heavy atom. The van der Waals surface area contributed by atoms with Gasteiger partial charge in [0, 0.05) is 5.69 Å². The molecule has 0 saturated heterocycles. The molecule has 0 aliphatic carbocycles. The Kier molecular flexibility index (Phi) is 3.80. The van der Waals surface area contributed by atoms with Crippen LogP contribution >= 0.6 is 15.9 Å². The minimum absolute atomic E-state index is 0.169. The molecule has 2 aromatic carbocycles. The van der Waals surface area contributed by atoms with Crippen molar-refractivity contribution in [1.82, 2.24) is 0 Å². The summed E-state index contributed by atoms with van der Waals surface area (Å²) in [6.07, 6.45) is 0. The lowest BCUT2D eigenvalue weighted by Crippen LogP contribution is -2.14. The number of aromatic hydroxyl groups is 1. The lowest BCUT2D eigenvalue weighted by Gasteiger charge is -2.08. The van der Waals surface area contributed by atoms with Gasteiger partial charge in [0.15, 0.2) is 0 Å². The number of phenolic OH excluding ortho intramolecular Hbond substituents is 1. The maximum absolute atomic E-state index is 13.5. The normalized spacial score (nSPS) is 10.3. The number of amides is 1. The third kappa shape index (κ3) is 2.90. The predicted molar refractivity (Wildman–Crippen MR) is 70.1 cm³/mol. The van der Waals surface area contributed by atoms with Crippen LogP contribution in [-0.2, 0) is 0 Å². The fraction of sp³-hybridized carbons (Fsp3) is 0. The molecular weight excluding hydrogens is 320 g/mol. The highest BCUT2D eigenvalue weighted by Gasteiger charge is 2.16. The first kappa shape index (κ1) is 13.5. The number of hydrogen-bond acceptors (Lipinski definition) is 2. The molecule has 1 amide bonds. The highest BCUT2D eigenvalue weighted by Crippen LogP contribution is 2.23. The van der Waals surface area contributed by atoms with Crippen molar-refractivity contribution >= 4 is 27.5 Å². The molecule has 0 bridgehead atoms. The van der Waals surface area contributed by atoms with Crippen LogP contribution < -0.4 is 5.32 Å². The number of nitrogens with one attached hydrogen (secondary N) is 1. The number of rotatable bonds is 2. The van der Waals surface area contributed by atoms with E-state index in [4.69, 9.17) is 0 Å². The first-order valence-corrected chi connectivity index (χ1v) is 6.02. The van der Waals surface area contributed by atoms with Gasteiger partial charge in [-0.2, -0.15) is 0 Å². The smallest absolute Gasteiger partial charge is 0.262 e. The van der Waals surface area contributed by atoms with Crippen molar-refractivity contribution < 1.29 is 18.7 Å². The summed E-state index contributed by atoms with van der Waals surface area (Å²) in [7, 11) is 0. The summed E-state index contributed by atoms with van der Waals surface area (Å²) in [5.74, 6) is -2.58. The number of carbonyl (C=O) groups is 1. The number of halogens is 3. The summed E-state index contributed by atoms with van der Waals surface area (Å²) in [4.78, 5) is 11.8. The van der Waals surface area contributed by atoms with Gasteiger partial charge in [-0.05, 0) is 46.3 Å². The highest BCUT2D eigenvalue weighted by atomic mass is 79.9. The van der Waals surface area contributed by atoms with E-state index in [0.29, 0.717) is 0 Å². The topological polar surface area (TPSA) is 49.3 Å². The average molecular weight is 328 g/mol. The van der Waals surface area contributed by atoms with Crippen LogP contribution in [0.4, 0.5) is 14.5 Å². The summed E-state index contributed by atoms with van der Waals surface area (Å²) in [5.41, 5.74) is -0.177. The molecule has 0 heterocycles. The van der Waals surface area contributed by atoms with Gasteiger partial charge >= 0.3 is 0 Å². The number of phenols is 1. The fourth-order valence-corrected chi connectivity index (χ4v) is 1.88. The summed E-state index contributed by atoms with van der Waals surface area (Å²) < 4.78 is 26.7. The van der Waals surface area contributed by atoms with E-state index in [2.05, 4.69) is 21.2 Å². The van der Waals surface area contributed by atoms with E-state index < -0.39 is 28.9 Å². The molecule has 2 aromatic rings. The Morgan fingerprint density at radius 3 is 2.53 bits per heavy atom. The molecule has 0 spiro atoms. The maximum atomic E-state index is 13.5. The lowest BCUT2D eigenvalue weighted by molar-refractivity contribution is 0.102. The van der Waals surface area contributed by atoms with E-state index in [-0.39, 0.29) is 10.2 Å². The van der Waals surface area contributed by atoms with Crippen LogP contribution in [0.1, 0.15) is 10.4 Å². The Labute approximate surface area is 116 Å². The molecule has 0 fully saturated rings. The molecule has 3 nitrogen and oxygen atoms in total. The van der Waals surface area contributed by atoms with Gasteiger partial charge in [0.05, 0.1) is 4.47 Å². The summed E-state index contributed by atoms with van der Waals surface area (Å²) in [6, 6.07) is 7.38. The zero-order valence-corrected chi connectivity index (χ0v) is 11.0. The SMILES string of the molecule is O=C(Nc1ccc(F)c(Br)c1)c1c(O)cccc1F. The molecular formula is C13H8BrF2NO2. The van der Waals surface area contributed by atoms with Gasteiger partial charge in [-0.1, -0.05) is 6.07 Å². The Hall–Kier alpha value is -1.95. The van der Waals surface area contributed by atoms with Crippen molar-refractivity contribution in [3.05, 3.63) is 58.1 Å². The third-order valence-corrected chi connectivity index (χ3v) is 3.00. The van der Waals surface area contributed by atoms with Crippen molar-refractivity contribution in [2.45, 2.75) is 0 Å². The largest absolute Gasteiger partial charge is 0.507 e. The second-order valence-electron chi connectivity index (χ2n) is 3.72. The Balaban J connectivity index is 2.28. The van der Waals surface area contributed by atoms with Gasteiger partial charge in [0.2, 0.25) is 0 Å². The van der Waals surface area contributed by atoms with Crippen LogP contribution in [0, 0.1) is 11.6 Å². The van der Waals surface area contributed by atoms with Crippen molar-refractivity contribution in [3.8, 4) is 5.75 Å². The molecule has 98 valence electrons. The van der Waals surface area contributed by atoms with Gasteiger partial charge in [-0.15, -0.1) is 0 Å². The standard InChI is InChI=1S/C13H8BrF2NO2/c14-8-6-7(4-5-9(8)15)17-13(19)12-10(16)2-1-3-11(12)18/h1-6,18H,(H,17,19). The molecule has 0 atom stereocenters. The Morgan fingerprint density at radius 1 is 1.16 bits per heavy atom. The number of benzene rings is 2. The van der Waals surface area contributed by atoms with Gasteiger partial charge in [0.1, 0.15) is 22.9 Å². The minimum atomic E-state index is -0.835. The van der Waals surface area contributed by atoms with Crippen molar-refractivity contribution in [1.29, 1.82) is 0 Å². The fourth-order valence-electron chi connectivity index (χ4n) is 1.51. The van der Waals surface area contributed by atoms with Crippen LogP contribution in [-0.4, -0.2) is 11.0 Å². The van der Waals surface area contributed by atoms with Crippen LogP contribution in [0.15, 0.2) is 40.9 Å². The highest BCUT2D eigenvalue weighted by molar-refractivity contribution is 9.10. The second-order valence-corrected chi connectivity index (χ2v) is 4.57. The monoisotopic (exact) mass is 327 g/mol. The quantitative estimate of drug-likeness (QED) is 0.883. The Bertz CT molecular complexity index is 626. The molecule has 19 heavy (non-hydrogen) atoms. The molecule has 0 aromatic heterocycles. The summed E-state index contributed by atoms with van der Waals surface area (Å²) in [5, 5.41) is 11.8. The van der Waals surface area contributed by atoms with Gasteiger partial charge in [-0.3, -0.25) is 4.79 Å². The maximum Gasteiger partial charge on any atom is 0.262 e. The number of anilines is 1. The van der Waals surface area contributed by atoms with Crippen LogP contribution in [0.25, 0.3) is 0 Å². The van der Waals surface area contributed by atoms with Crippen LogP contribution in [0.3, 0.4) is 0 Å². The molecule has 0 unspecified atom stereocenters. The van der Waals surface area contributed by atoms with E-state index >= 15 is 0 Å². The first-order chi connectivity index (χ1) is 8.99. The molecule has 6 heteroatoms. The number of hydrogen-bond donors (Lipinski definition) is 2. The molecule has 0 aliphatic rings. The second kappa shape index (κ2) is 5.36. The zero-order chi connectivity index (χ0) is 14.0. The van der Waals surface area contributed by atoms with E-state index in [1.165, 1.54) is 24.3 Å².